The molecule has 3 rings (SSSR count). The number of rotatable bonds is 11. The third-order valence-electron chi connectivity index (χ3n) is 6.50. The number of carboxylic acid groups (broad SMARTS) is 1. The summed E-state index contributed by atoms with van der Waals surface area (Å²) in [4.78, 5) is 26.1. The summed E-state index contributed by atoms with van der Waals surface area (Å²) in [7, 11) is -3.93. The zero-order valence-electron chi connectivity index (χ0n) is 24.3. The van der Waals surface area contributed by atoms with E-state index in [1.807, 2.05) is 44.2 Å². The Balaban J connectivity index is 1.66. The number of benzene rings is 2. The van der Waals surface area contributed by atoms with Crippen LogP contribution in [-0.4, -0.2) is 75.1 Å². The first kappa shape index (κ1) is 32.4. The Morgan fingerprint density at radius 1 is 1.00 bits per heavy atom. The average molecular weight is 596 g/mol. The van der Waals surface area contributed by atoms with Gasteiger partial charge in [-0.05, 0) is 54.3 Å². The molecule has 11 nitrogen and oxygen atoms in total. The highest BCUT2D eigenvalue weighted by Crippen LogP contribution is 2.22. The van der Waals surface area contributed by atoms with Crippen molar-refractivity contribution in [1.29, 1.82) is 5.26 Å². The maximum Gasteiger partial charge on any atom is 0.322 e. The van der Waals surface area contributed by atoms with E-state index in [-0.39, 0.29) is 31.5 Å². The molecule has 0 spiro atoms. The number of hydrogen-bond acceptors (Lipinski definition) is 7. The standard InChI is InChI=1S/C30H37N5O6S/c1-21(2)20-41-27-12-9-24(19-26(27)29(36)32-14-13-31)6-5-23-7-10-25(11-8-23)34-15-17-35(18-16-34)42(39,40)33-28(22(3)4)30(37)38/h7-12,19,21-22,28,33H,14-18,20H2,1-4H3,(H,32,36)(H,37,38). The number of carbonyl (C=O) groups is 2. The smallest absolute Gasteiger partial charge is 0.322 e. The van der Waals surface area contributed by atoms with E-state index >= 15 is 0 Å². The number of aliphatic carboxylic acids is 1. The summed E-state index contributed by atoms with van der Waals surface area (Å²) in [5.41, 5.74) is 2.60. The van der Waals surface area contributed by atoms with Crippen LogP contribution >= 0.6 is 0 Å². The van der Waals surface area contributed by atoms with E-state index in [4.69, 9.17) is 10.00 Å². The van der Waals surface area contributed by atoms with Gasteiger partial charge in [0.05, 0.1) is 18.2 Å². The Labute approximate surface area is 247 Å². The highest BCUT2D eigenvalue weighted by atomic mass is 32.2. The van der Waals surface area contributed by atoms with Crippen LogP contribution in [0.4, 0.5) is 5.69 Å². The van der Waals surface area contributed by atoms with Crippen LogP contribution in [0.3, 0.4) is 0 Å². The van der Waals surface area contributed by atoms with E-state index in [1.54, 1.807) is 32.0 Å². The summed E-state index contributed by atoms with van der Waals surface area (Å²) in [6, 6.07) is 13.4. The number of carboxylic acids is 1. The van der Waals surface area contributed by atoms with Gasteiger partial charge in [-0.3, -0.25) is 9.59 Å². The quantitative estimate of drug-likeness (QED) is 0.265. The van der Waals surface area contributed by atoms with E-state index in [2.05, 4.69) is 26.8 Å². The fraction of sp³-hybridized carbons (Fsp3) is 0.433. The molecule has 1 saturated heterocycles. The lowest BCUT2D eigenvalue weighted by Gasteiger charge is -2.36. The van der Waals surface area contributed by atoms with E-state index in [1.165, 1.54) is 4.31 Å². The first-order valence-electron chi connectivity index (χ1n) is 13.7. The number of amides is 1. The topological polar surface area (TPSA) is 152 Å². The normalized spacial score (nSPS) is 14.5. The number of ether oxygens (including phenoxy) is 1. The summed E-state index contributed by atoms with van der Waals surface area (Å²) in [5, 5.41) is 20.7. The zero-order valence-corrected chi connectivity index (χ0v) is 25.1. The second-order valence-electron chi connectivity index (χ2n) is 10.6. The zero-order chi connectivity index (χ0) is 30.9. The number of nitrogens with zero attached hydrogens (tertiary/aromatic N) is 3. The molecule has 2 aromatic rings. The maximum absolute atomic E-state index is 12.7. The Morgan fingerprint density at radius 3 is 2.19 bits per heavy atom. The number of carbonyl (C=O) groups excluding carboxylic acids is 1. The monoisotopic (exact) mass is 595 g/mol. The molecule has 12 heteroatoms. The molecule has 1 atom stereocenters. The molecule has 0 aliphatic carbocycles. The van der Waals surface area contributed by atoms with Crippen molar-refractivity contribution in [2.24, 2.45) is 11.8 Å². The molecule has 224 valence electrons. The third kappa shape index (κ3) is 8.95. The third-order valence-corrected chi connectivity index (χ3v) is 8.09. The predicted octanol–water partition coefficient (Wildman–Crippen LogP) is 2.44. The lowest BCUT2D eigenvalue weighted by Crippen LogP contribution is -2.55. The van der Waals surface area contributed by atoms with Gasteiger partial charge in [-0.25, -0.2) is 0 Å². The Hall–Kier alpha value is -4.10. The second-order valence-corrected chi connectivity index (χ2v) is 12.3. The Kier molecular flexibility index (Phi) is 11.3. The van der Waals surface area contributed by atoms with Gasteiger partial charge in [-0.2, -0.15) is 22.7 Å². The summed E-state index contributed by atoms with van der Waals surface area (Å²) >= 11 is 0. The van der Waals surface area contributed by atoms with E-state index in [9.17, 15) is 23.1 Å². The van der Waals surface area contributed by atoms with E-state index < -0.39 is 28.1 Å². The summed E-state index contributed by atoms with van der Waals surface area (Å²) in [5.74, 6) is 4.87. The van der Waals surface area contributed by atoms with Gasteiger partial charge in [0.2, 0.25) is 0 Å². The molecule has 1 fully saturated rings. The van der Waals surface area contributed by atoms with Crippen molar-refractivity contribution < 1.29 is 27.9 Å². The highest BCUT2D eigenvalue weighted by Gasteiger charge is 2.33. The van der Waals surface area contributed by atoms with Gasteiger partial charge in [0.1, 0.15) is 18.3 Å². The minimum Gasteiger partial charge on any atom is -0.492 e. The molecular formula is C30H37N5O6S. The molecule has 1 unspecified atom stereocenters. The van der Waals surface area contributed by atoms with Crippen LogP contribution in [0.5, 0.6) is 5.75 Å². The van der Waals surface area contributed by atoms with Crippen molar-refractivity contribution in [3.63, 3.8) is 0 Å². The molecule has 3 N–H and O–H groups in total. The molecule has 1 amide bonds. The largest absolute Gasteiger partial charge is 0.492 e. The molecule has 1 heterocycles. The van der Waals surface area contributed by atoms with Crippen molar-refractivity contribution in [1.82, 2.24) is 14.3 Å². The SMILES string of the molecule is CC(C)COc1ccc(C#Cc2ccc(N3CCN(S(=O)(=O)NC(C(=O)O)C(C)C)CC3)cc2)cc1C(=O)NCC#N. The molecule has 0 radical (unpaired) electrons. The minimum absolute atomic E-state index is 0.115. The maximum atomic E-state index is 12.7. The molecule has 1 aliphatic heterocycles. The van der Waals surface area contributed by atoms with Crippen molar-refractivity contribution in [3.8, 4) is 23.7 Å². The van der Waals surface area contributed by atoms with E-state index in [0.717, 1.165) is 11.3 Å². The predicted molar refractivity (Wildman–Crippen MR) is 159 cm³/mol. The van der Waals surface area contributed by atoms with Crippen LogP contribution in [0.25, 0.3) is 0 Å². The first-order chi connectivity index (χ1) is 19.9. The van der Waals surface area contributed by atoms with Gasteiger partial charge >= 0.3 is 5.97 Å². The van der Waals surface area contributed by atoms with Crippen molar-refractivity contribution in [3.05, 3.63) is 59.2 Å². The summed E-state index contributed by atoms with van der Waals surface area (Å²) < 4.78 is 34.8. The summed E-state index contributed by atoms with van der Waals surface area (Å²) in [6.07, 6.45) is 0. The molecule has 2 aromatic carbocycles. The average Bonchev–Trinajstić information content (AvgIpc) is 2.96. The van der Waals surface area contributed by atoms with Crippen LogP contribution < -0.4 is 19.7 Å². The molecule has 0 aromatic heterocycles. The number of nitrogens with one attached hydrogen (secondary N) is 2. The molecular weight excluding hydrogens is 558 g/mol. The van der Waals surface area contributed by atoms with Gasteiger partial charge in [-0.15, -0.1) is 0 Å². The van der Waals surface area contributed by atoms with Gasteiger partial charge in [0, 0.05) is 43.0 Å². The summed E-state index contributed by atoms with van der Waals surface area (Å²) in [6.45, 7) is 9.01. The van der Waals surface area contributed by atoms with Crippen LogP contribution in [0.2, 0.25) is 0 Å². The lowest BCUT2D eigenvalue weighted by molar-refractivity contribution is -0.140. The molecule has 0 bridgehead atoms. The fourth-order valence-electron chi connectivity index (χ4n) is 4.18. The fourth-order valence-corrected chi connectivity index (χ4v) is 5.66. The van der Waals surface area contributed by atoms with Crippen LogP contribution in [-0.2, 0) is 15.0 Å². The Morgan fingerprint density at radius 2 is 1.62 bits per heavy atom. The number of piperazine rings is 1. The molecule has 1 aliphatic rings. The molecule has 42 heavy (non-hydrogen) atoms. The van der Waals surface area contributed by atoms with Crippen LogP contribution in [0.1, 0.15) is 49.2 Å². The number of hydrogen-bond donors (Lipinski definition) is 3. The number of anilines is 1. The highest BCUT2D eigenvalue weighted by molar-refractivity contribution is 7.87. The van der Waals surface area contributed by atoms with Gasteiger partial charge in [0.15, 0.2) is 0 Å². The first-order valence-corrected chi connectivity index (χ1v) is 15.1. The lowest BCUT2D eigenvalue weighted by atomic mass is 10.1. The van der Waals surface area contributed by atoms with E-state index in [0.29, 0.717) is 36.6 Å². The number of nitriles is 1. The minimum atomic E-state index is -3.93. The molecule has 0 saturated carbocycles. The van der Waals surface area contributed by atoms with Gasteiger partial charge in [0.25, 0.3) is 16.1 Å². The van der Waals surface area contributed by atoms with Crippen LogP contribution in [0.15, 0.2) is 42.5 Å². The van der Waals surface area contributed by atoms with Gasteiger partial charge in [-0.1, -0.05) is 39.5 Å². The van der Waals surface area contributed by atoms with Crippen molar-refractivity contribution in [2.45, 2.75) is 33.7 Å². The van der Waals surface area contributed by atoms with Gasteiger partial charge < -0.3 is 20.1 Å². The second kappa shape index (κ2) is 14.7. The Bertz CT molecular complexity index is 1460. The van der Waals surface area contributed by atoms with Crippen molar-refractivity contribution in [2.75, 3.05) is 44.2 Å². The van der Waals surface area contributed by atoms with Crippen LogP contribution in [0, 0.1) is 35.0 Å². The van der Waals surface area contributed by atoms with Crippen molar-refractivity contribution >= 4 is 27.8 Å².